The van der Waals surface area contributed by atoms with Crippen molar-refractivity contribution in [1.82, 2.24) is 63.0 Å². The number of benzene rings is 3. The number of carboxylic acid groups (broad SMARTS) is 1. The Kier molecular flexibility index (Phi) is 31.0. The largest absolute Gasteiger partial charge is 0.490 e. The van der Waals surface area contributed by atoms with E-state index in [9.17, 15) is 66.8 Å². The average molecular weight is 1180 g/mol. The first-order valence-electron chi connectivity index (χ1n) is 26.7. The van der Waals surface area contributed by atoms with E-state index in [4.69, 9.17) is 27.1 Å². The van der Waals surface area contributed by atoms with Crippen molar-refractivity contribution >= 4 is 64.0 Å². The van der Waals surface area contributed by atoms with Gasteiger partial charge < -0.3 is 58.9 Å². The number of nitrogens with one attached hydrogen (secondary N) is 8. The SMILES string of the molecule is C[C@@H](O)[C@@H]1NC(=O)CN(CCCCN)NC(=O)[C@H](Cc2ccccc2)NC(=O)CN(Cc2cccc3ccccc23)NC(=O)[C@H](CO)NC(=O)CN(CCCCN)NC(=O)[C@H](CO)NC(=O)CN(CCCCN)NC1=O.O=C(O)C(F)(F)F. The number of unbranched alkanes of at least 4 members (excludes halogenated alkanes) is 3. The molecule has 3 aromatic rings. The van der Waals surface area contributed by atoms with Crippen LogP contribution in [0.15, 0.2) is 72.8 Å². The first kappa shape index (κ1) is 69.8. The Balaban J connectivity index is 0.00000241. The minimum Gasteiger partial charge on any atom is -0.475 e. The van der Waals surface area contributed by atoms with Gasteiger partial charge in [0.1, 0.15) is 24.2 Å². The molecule has 8 amide bonds. The molecule has 0 bridgehead atoms. The molecule has 18 N–H and O–H groups in total. The Morgan fingerprint density at radius 2 is 0.940 bits per heavy atom. The molecule has 0 saturated carbocycles. The van der Waals surface area contributed by atoms with Gasteiger partial charge in [0.05, 0.1) is 45.5 Å². The van der Waals surface area contributed by atoms with E-state index >= 15 is 0 Å². The Bertz CT molecular complexity index is 2570. The number of carboxylic acids is 1. The molecule has 0 spiro atoms. The second-order valence-electron chi connectivity index (χ2n) is 19.2. The quantitative estimate of drug-likeness (QED) is 0.0510. The fraction of sp³-hybridized carbons (Fsp3) is 0.519. The predicted octanol–water partition coefficient (Wildman–Crippen LogP) is -3.92. The number of hydrogen-bond donors (Lipinski definition) is 15. The number of amides is 8. The summed E-state index contributed by atoms with van der Waals surface area (Å²) in [5.41, 5.74) is 29.0. The van der Waals surface area contributed by atoms with Crippen LogP contribution in [0.3, 0.4) is 0 Å². The van der Waals surface area contributed by atoms with Gasteiger partial charge in [0.2, 0.25) is 23.6 Å². The summed E-state index contributed by atoms with van der Waals surface area (Å²) < 4.78 is 31.7. The third-order valence-electron chi connectivity index (χ3n) is 12.2. The highest BCUT2D eigenvalue weighted by molar-refractivity contribution is 5.92. The van der Waals surface area contributed by atoms with Crippen molar-refractivity contribution in [1.29, 1.82) is 0 Å². The molecule has 460 valence electrons. The molecule has 0 aromatic heterocycles. The van der Waals surface area contributed by atoms with E-state index in [2.05, 4.69) is 43.0 Å². The molecule has 1 saturated heterocycles. The highest BCUT2D eigenvalue weighted by atomic mass is 19.4. The molecule has 1 aliphatic heterocycles. The van der Waals surface area contributed by atoms with Gasteiger partial charge >= 0.3 is 12.1 Å². The predicted molar refractivity (Wildman–Crippen MR) is 294 cm³/mol. The van der Waals surface area contributed by atoms with E-state index in [-0.39, 0.29) is 45.7 Å². The van der Waals surface area contributed by atoms with Crippen molar-refractivity contribution < 1.29 is 76.7 Å². The topological polar surface area (TPSA) is 422 Å². The number of fused-ring (bicyclic) bond motifs is 1. The smallest absolute Gasteiger partial charge is 0.475 e. The van der Waals surface area contributed by atoms with Gasteiger partial charge in [-0.05, 0) is 87.0 Å². The highest BCUT2D eigenvalue weighted by Crippen LogP contribution is 2.20. The summed E-state index contributed by atoms with van der Waals surface area (Å²) in [7, 11) is 0. The van der Waals surface area contributed by atoms with Crippen LogP contribution in [0.2, 0.25) is 0 Å². The maximum Gasteiger partial charge on any atom is 0.490 e. The summed E-state index contributed by atoms with van der Waals surface area (Å²) in [6, 6.07) is 15.7. The summed E-state index contributed by atoms with van der Waals surface area (Å²) in [4.78, 5) is 120. The van der Waals surface area contributed by atoms with Gasteiger partial charge in [-0.1, -0.05) is 72.8 Å². The number of rotatable bonds is 19. The molecule has 83 heavy (non-hydrogen) atoms. The number of hydrogen-bond acceptors (Lipinski definition) is 19. The van der Waals surface area contributed by atoms with Crippen molar-refractivity contribution in [3.63, 3.8) is 0 Å². The number of halogens is 3. The van der Waals surface area contributed by atoms with Crippen molar-refractivity contribution in [2.45, 2.75) is 94.9 Å². The van der Waals surface area contributed by atoms with E-state index in [0.29, 0.717) is 56.2 Å². The van der Waals surface area contributed by atoms with Crippen molar-refractivity contribution in [3.8, 4) is 0 Å². The molecule has 0 aliphatic carbocycles. The zero-order valence-electron chi connectivity index (χ0n) is 46.1. The van der Waals surface area contributed by atoms with Gasteiger partial charge in [-0.25, -0.2) is 24.8 Å². The van der Waals surface area contributed by atoms with Crippen molar-refractivity contribution in [2.24, 2.45) is 17.2 Å². The lowest BCUT2D eigenvalue weighted by Crippen LogP contribution is -2.61. The molecule has 28 nitrogen and oxygen atoms in total. The monoisotopic (exact) mass is 1180 g/mol. The van der Waals surface area contributed by atoms with Crippen LogP contribution in [0.25, 0.3) is 10.8 Å². The van der Waals surface area contributed by atoms with Gasteiger partial charge in [0.25, 0.3) is 23.6 Å². The van der Waals surface area contributed by atoms with E-state index in [1.54, 1.807) is 42.5 Å². The maximum absolute atomic E-state index is 14.4. The fourth-order valence-corrected chi connectivity index (χ4v) is 8.05. The van der Waals surface area contributed by atoms with Gasteiger partial charge in [-0.2, -0.15) is 13.2 Å². The molecule has 31 heteroatoms. The van der Waals surface area contributed by atoms with Crippen LogP contribution in [0.4, 0.5) is 13.2 Å². The van der Waals surface area contributed by atoms with Gasteiger partial charge in [-0.15, -0.1) is 0 Å². The molecule has 4 rings (SSSR count). The van der Waals surface area contributed by atoms with Crippen LogP contribution in [-0.4, -0.2) is 209 Å². The lowest BCUT2D eigenvalue weighted by molar-refractivity contribution is -0.192. The summed E-state index contributed by atoms with van der Waals surface area (Å²) in [6.45, 7) is -1.81. The van der Waals surface area contributed by atoms with Gasteiger partial charge in [0.15, 0.2) is 0 Å². The van der Waals surface area contributed by atoms with Crippen LogP contribution < -0.4 is 60.2 Å². The zero-order valence-corrected chi connectivity index (χ0v) is 46.1. The number of carbonyl (C=O) groups is 9. The molecule has 3 aromatic carbocycles. The molecule has 1 fully saturated rings. The van der Waals surface area contributed by atoms with Crippen molar-refractivity contribution in [3.05, 3.63) is 83.9 Å². The third kappa shape index (κ3) is 26.1. The first-order chi connectivity index (χ1) is 39.5. The maximum atomic E-state index is 14.4. The number of aliphatic carboxylic acids is 1. The number of aliphatic hydroxyl groups is 3. The van der Waals surface area contributed by atoms with Crippen LogP contribution >= 0.6 is 0 Å². The van der Waals surface area contributed by atoms with Crippen LogP contribution in [0.1, 0.15) is 56.6 Å². The van der Waals surface area contributed by atoms with E-state index in [1.807, 2.05) is 30.3 Å². The molecule has 1 heterocycles. The Labute approximate surface area is 477 Å². The van der Waals surface area contributed by atoms with E-state index < -0.39 is 129 Å². The molecular formula is C52H78F3N15O13. The molecule has 0 radical (unpaired) electrons. The molecule has 0 unspecified atom stereocenters. The second kappa shape index (κ2) is 36.9. The van der Waals surface area contributed by atoms with Gasteiger partial charge in [-0.3, -0.25) is 60.1 Å². The minimum absolute atomic E-state index is 0.0238. The minimum atomic E-state index is -5.08. The molecule has 1 aliphatic rings. The van der Waals surface area contributed by atoms with E-state index in [1.165, 1.54) is 27.0 Å². The molecule has 5 atom stereocenters. The summed E-state index contributed by atoms with van der Waals surface area (Å²) in [5, 5.41) is 55.4. The van der Waals surface area contributed by atoms with Crippen molar-refractivity contribution in [2.75, 3.05) is 78.7 Å². The van der Waals surface area contributed by atoms with Crippen LogP contribution in [-0.2, 0) is 56.1 Å². The third-order valence-corrected chi connectivity index (χ3v) is 12.2. The zero-order chi connectivity index (χ0) is 61.5. The normalized spacial score (nSPS) is 20.4. The van der Waals surface area contributed by atoms with Crippen LogP contribution in [0, 0.1) is 0 Å². The Morgan fingerprint density at radius 1 is 0.554 bits per heavy atom. The second-order valence-corrected chi connectivity index (χ2v) is 19.2. The highest BCUT2D eigenvalue weighted by Gasteiger charge is 2.38. The number of nitrogens with two attached hydrogens (primary N) is 3. The number of aliphatic hydroxyl groups excluding tert-OH is 3. The standard InChI is InChI=1S/C50H77N15O11.C2HF3O2/c1-34(68)46-50(76)61-64(25-12-9-22-53)29-43(70)55-40(32-66)48(74)59-62(23-10-7-20-51)28-42(69)56-41(33-67)49(75)60-65(27-37-18-13-17-36-16-5-6-19-38(36)37)31-44(71)54-39(26-35-14-3-2-4-15-35)47(73)58-63(24-11-8-21-52)30-45(72)57-46;3-2(4,5)1(6)7/h2-6,13-19,34,39-41,46,66-68H,7-12,20-33,51-53H2,1H3,(H,54,71)(H,55,70)(H,56,69)(H,57,72)(H,58,73)(H,59,74)(H,60,75)(H,61,76);(H,6,7)/t34-,39+,40+,41+,46+;/m1./s1. The number of nitrogens with zero attached hydrogens (tertiary/aromatic N) is 4. The first-order valence-corrected chi connectivity index (χ1v) is 26.7. The number of alkyl halides is 3. The summed E-state index contributed by atoms with van der Waals surface area (Å²) in [5.74, 6) is -9.46. The number of carbonyl (C=O) groups excluding carboxylic acids is 8. The lowest BCUT2D eigenvalue weighted by atomic mass is 10.0. The lowest BCUT2D eigenvalue weighted by Gasteiger charge is -2.30. The van der Waals surface area contributed by atoms with Gasteiger partial charge in [0, 0.05) is 32.6 Å². The summed E-state index contributed by atoms with van der Waals surface area (Å²) >= 11 is 0. The Hall–Kier alpha value is -7.46. The fourth-order valence-electron chi connectivity index (χ4n) is 8.05. The van der Waals surface area contributed by atoms with E-state index in [0.717, 1.165) is 10.8 Å². The average Bonchev–Trinajstić information content (AvgIpc) is 3.65. The summed E-state index contributed by atoms with van der Waals surface area (Å²) in [6.07, 6.45) is -3.96. The Morgan fingerprint density at radius 3 is 1.39 bits per heavy atom. The number of hydrazine groups is 4. The van der Waals surface area contributed by atoms with Crippen LogP contribution in [0.5, 0.6) is 0 Å². The molecular weight excluding hydrogens is 1100 g/mol.